The van der Waals surface area contributed by atoms with Crippen LogP contribution in [0.1, 0.15) is 93.7 Å². The summed E-state index contributed by atoms with van der Waals surface area (Å²) in [6.45, 7) is 2.07. The van der Waals surface area contributed by atoms with Crippen LogP contribution in [0.4, 0.5) is 0 Å². The molecule has 45 heavy (non-hydrogen) atoms. The first-order valence-corrected chi connectivity index (χ1v) is 16.5. The standard InChI is InChI=1S/C36H50N2O7/c1-3-4-5-6-7-8-9-10-14-17-31(41)38(23-25-15-12-11-13-16-25)29-22-28(36(43)37-18-19-39)32-27-20-26(24-40)21-30(44-2)34(27)45-35(32)33(29)42/h11-13,15-16,20-22,29,32-33,35,39-40,42H,3-10,14,17-19,23-24H2,1-2H3,(H,37,43)/t29-,32+,33+,35+/m1/s1. The van der Waals surface area contributed by atoms with Gasteiger partial charge < -0.3 is 35.0 Å². The molecule has 4 atom stereocenters. The van der Waals surface area contributed by atoms with Gasteiger partial charge in [0.2, 0.25) is 11.8 Å². The predicted molar refractivity (Wildman–Crippen MR) is 173 cm³/mol. The molecular weight excluding hydrogens is 572 g/mol. The first kappa shape index (κ1) is 34.5. The number of rotatable bonds is 18. The Morgan fingerprint density at radius 2 is 1.64 bits per heavy atom. The maximum absolute atomic E-state index is 13.9. The van der Waals surface area contributed by atoms with E-state index in [0.29, 0.717) is 34.6 Å². The van der Waals surface area contributed by atoms with E-state index in [2.05, 4.69) is 12.2 Å². The number of carbonyl (C=O) groups is 2. The lowest BCUT2D eigenvalue weighted by atomic mass is 9.77. The Balaban J connectivity index is 1.60. The van der Waals surface area contributed by atoms with Crippen molar-refractivity contribution in [2.75, 3.05) is 20.3 Å². The van der Waals surface area contributed by atoms with Crippen molar-refractivity contribution in [3.8, 4) is 11.5 Å². The highest BCUT2D eigenvalue weighted by molar-refractivity contribution is 5.96. The molecule has 0 saturated carbocycles. The zero-order valence-electron chi connectivity index (χ0n) is 26.7. The highest BCUT2D eigenvalue weighted by atomic mass is 16.5. The van der Waals surface area contributed by atoms with Crippen LogP contribution in [-0.2, 0) is 22.7 Å². The van der Waals surface area contributed by atoms with Gasteiger partial charge in [-0.15, -0.1) is 0 Å². The maximum atomic E-state index is 13.9. The van der Waals surface area contributed by atoms with E-state index in [1.165, 1.54) is 45.6 Å². The molecule has 0 unspecified atom stereocenters. The van der Waals surface area contributed by atoms with Gasteiger partial charge in [0.05, 0.1) is 32.3 Å². The minimum Gasteiger partial charge on any atom is -0.493 e. The number of nitrogens with one attached hydrogen (secondary N) is 1. The number of nitrogens with zero attached hydrogens (tertiary/aromatic N) is 1. The number of aliphatic hydroxyl groups excluding tert-OH is 3. The van der Waals surface area contributed by atoms with Crippen molar-refractivity contribution in [1.82, 2.24) is 10.2 Å². The molecule has 9 nitrogen and oxygen atoms in total. The van der Waals surface area contributed by atoms with Gasteiger partial charge in [-0.25, -0.2) is 0 Å². The summed E-state index contributed by atoms with van der Waals surface area (Å²) < 4.78 is 11.9. The Hall–Kier alpha value is -3.40. The molecule has 0 radical (unpaired) electrons. The Morgan fingerprint density at radius 1 is 0.956 bits per heavy atom. The fourth-order valence-corrected chi connectivity index (χ4v) is 6.49. The molecular formula is C36H50N2O7. The van der Waals surface area contributed by atoms with Crippen molar-refractivity contribution in [2.24, 2.45) is 0 Å². The topological polar surface area (TPSA) is 129 Å². The van der Waals surface area contributed by atoms with Crippen LogP contribution in [0, 0.1) is 0 Å². The van der Waals surface area contributed by atoms with Gasteiger partial charge in [0.25, 0.3) is 0 Å². The first-order chi connectivity index (χ1) is 21.9. The van der Waals surface area contributed by atoms with E-state index < -0.39 is 30.1 Å². The molecule has 2 aromatic rings. The van der Waals surface area contributed by atoms with Crippen LogP contribution in [-0.4, -0.2) is 70.5 Å². The SMILES string of the molecule is CCCCCCCCCCCC(=O)N(Cc1ccccc1)[C@@H]1C=C(C(=O)NCCO)[C@@H]2c3cc(CO)cc(OC)c3O[C@@H]2[C@H]1O. The van der Waals surface area contributed by atoms with Gasteiger partial charge in [-0.2, -0.15) is 0 Å². The second-order valence-corrected chi connectivity index (χ2v) is 12.1. The van der Waals surface area contributed by atoms with Gasteiger partial charge in [-0.05, 0) is 35.8 Å². The predicted octanol–water partition coefficient (Wildman–Crippen LogP) is 4.76. The number of methoxy groups -OCH3 is 1. The third-order valence-electron chi connectivity index (χ3n) is 8.86. The lowest BCUT2D eigenvalue weighted by molar-refractivity contribution is -0.138. The third kappa shape index (κ3) is 8.66. The number of ether oxygens (including phenoxy) is 2. The molecule has 1 heterocycles. The molecule has 2 aliphatic rings. The van der Waals surface area contributed by atoms with Crippen molar-refractivity contribution < 1.29 is 34.4 Å². The second kappa shape index (κ2) is 17.3. The van der Waals surface area contributed by atoms with Gasteiger partial charge >= 0.3 is 0 Å². The lowest BCUT2D eigenvalue weighted by Gasteiger charge is -2.41. The van der Waals surface area contributed by atoms with Crippen molar-refractivity contribution in [3.05, 3.63) is 70.8 Å². The molecule has 1 aliphatic heterocycles. The quantitative estimate of drug-likeness (QED) is 0.177. The number of unbranched alkanes of at least 4 members (excludes halogenated alkanes) is 8. The molecule has 1 aliphatic carbocycles. The largest absolute Gasteiger partial charge is 0.493 e. The Morgan fingerprint density at radius 3 is 2.29 bits per heavy atom. The normalized spacial score (nSPS) is 20.1. The summed E-state index contributed by atoms with van der Waals surface area (Å²) in [5.74, 6) is -0.359. The summed E-state index contributed by atoms with van der Waals surface area (Å²) in [4.78, 5) is 29.1. The maximum Gasteiger partial charge on any atom is 0.247 e. The molecule has 0 aromatic heterocycles. The molecule has 2 amide bonds. The van der Waals surface area contributed by atoms with Crippen LogP contribution < -0.4 is 14.8 Å². The summed E-state index contributed by atoms with van der Waals surface area (Å²) in [6.07, 6.45) is 10.3. The van der Waals surface area contributed by atoms with E-state index in [9.17, 15) is 24.9 Å². The molecule has 0 bridgehead atoms. The number of aliphatic hydroxyl groups is 3. The fraction of sp³-hybridized carbons (Fsp3) is 0.556. The van der Waals surface area contributed by atoms with Gasteiger partial charge in [0.15, 0.2) is 11.5 Å². The van der Waals surface area contributed by atoms with E-state index in [0.717, 1.165) is 24.8 Å². The zero-order valence-corrected chi connectivity index (χ0v) is 26.7. The molecule has 0 fully saturated rings. The van der Waals surface area contributed by atoms with E-state index >= 15 is 0 Å². The van der Waals surface area contributed by atoms with Crippen molar-refractivity contribution in [2.45, 2.75) is 108 Å². The lowest BCUT2D eigenvalue weighted by Crippen LogP contribution is -2.55. The summed E-state index contributed by atoms with van der Waals surface area (Å²) in [5, 5.41) is 33.9. The summed E-state index contributed by atoms with van der Waals surface area (Å²) in [6, 6.07) is 12.2. The van der Waals surface area contributed by atoms with Crippen molar-refractivity contribution in [1.29, 1.82) is 0 Å². The van der Waals surface area contributed by atoms with Crippen molar-refractivity contribution in [3.63, 3.8) is 0 Å². The van der Waals surface area contributed by atoms with Crippen LogP contribution in [0.3, 0.4) is 0 Å². The molecule has 4 rings (SSSR count). The summed E-state index contributed by atoms with van der Waals surface area (Å²) >= 11 is 0. The van der Waals surface area contributed by atoms with E-state index in [1.54, 1.807) is 23.1 Å². The third-order valence-corrected chi connectivity index (χ3v) is 8.86. The number of carbonyl (C=O) groups excluding carboxylic acids is 2. The highest BCUT2D eigenvalue weighted by Gasteiger charge is 2.51. The molecule has 246 valence electrons. The van der Waals surface area contributed by atoms with Gasteiger partial charge in [0.1, 0.15) is 12.2 Å². The van der Waals surface area contributed by atoms with Gasteiger partial charge in [-0.1, -0.05) is 88.6 Å². The van der Waals surface area contributed by atoms with E-state index in [-0.39, 0.29) is 32.2 Å². The minimum atomic E-state index is -1.14. The van der Waals surface area contributed by atoms with Crippen LogP contribution in [0.15, 0.2) is 54.1 Å². The van der Waals surface area contributed by atoms with Crippen LogP contribution in [0.2, 0.25) is 0 Å². The number of fused-ring (bicyclic) bond motifs is 3. The fourth-order valence-electron chi connectivity index (χ4n) is 6.49. The number of hydrogen-bond acceptors (Lipinski definition) is 7. The molecule has 0 saturated heterocycles. The smallest absolute Gasteiger partial charge is 0.247 e. The average molecular weight is 623 g/mol. The van der Waals surface area contributed by atoms with Crippen molar-refractivity contribution >= 4 is 11.8 Å². The molecule has 9 heteroatoms. The Labute approximate surface area is 267 Å². The van der Waals surface area contributed by atoms with E-state index in [1.807, 2.05) is 30.3 Å². The first-order valence-electron chi connectivity index (χ1n) is 16.5. The minimum absolute atomic E-state index is 0.0553. The summed E-state index contributed by atoms with van der Waals surface area (Å²) in [5.41, 5.74) is 2.47. The summed E-state index contributed by atoms with van der Waals surface area (Å²) in [7, 11) is 1.50. The second-order valence-electron chi connectivity index (χ2n) is 12.1. The van der Waals surface area contributed by atoms with Gasteiger partial charge in [0, 0.05) is 30.6 Å². The van der Waals surface area contributed by atoms with E-state index in [4.69, 9.17) is 9.47 Å². The van der Waals surface area contributed by atoms with Crippen LogP contribution in [0.5, 0.6) is 11.5 Å². The molecule has 4 N–H and O–H groups in total. The highest BCUT2D eigenvalue weighted by Crippen LogP contribution is 2.51. The average Bonchev–Trinajstić information content (AvgIpc) is 3.45. The van der Waals surface area contributed by atoms with Gasteiger partial charge in [-0.3, -0.25) is 9.59 Å². The Kier molecular flexibility index (Phi) is 13.3. The monoisotopic (exact) mass is 622 g/mol. The number of amides is 2. The number of hydrogen-bond donors (Lipinski definition) is 4. The Bertz CT molecular complexity index is 1280. The number of benzene rings is 2. The van der Waals surface area contributed by atoms with Crippen LogP contribution >= 0.6 is 0 Å². The van der Waals surface area contributed by atoms with Crippen LogP contribution in [0.25, 0.3) is 0 Å². The molecule has 0 spiro atoms. The molecule has 2 aromatic carbocycles. The zero-order chi connectivity index (χ0) is 32.2.